The minimum absolute atomic E-state index is 0.103. The molecule has 2 rings (SSSR count). The van der Waals surface area contributed by atoms with Gasteiger partial charge in [0.25, 0.3) is 0 Å². The van der Waals surface area contributed by atoms with Crippen molar-refractivity contribution in [1.29, 1.82) is 0 Å². The summed E-state index contributed by atoms with van der Waals surface area (Å²) in [7, 11) is 0. The number of carbonyl (C=O) groups excluding carboxylic acids is 1. The van der Waals surface area contributed by atoms with Crippen molar-refractivity contribution in [3.05, 3.63) is 22.2 Å². The zero-order valence-corrected chi connectivity index (χ0v) is 16.2. The molecule has 1 fully saturated rings. The number of carbonyl (C=O) groups is 1. The lowest BCUT2D eigenvalue weighted by Gasteiger charge is -2.36. The number of amides is 1. The zero-order chi connectivity index (χ0) is 17.0. The Bertz CT molecular complexity index is 568. The molecular formula is C18H25Cl2NOS. The van der Waals surface area contributed by atoms with E-state index in [2.05, 4.69) is 31.8 Å². The van der Waals surface area contributed by atoms with Gasteiger partial charge in [-0.2, -0.15) is 0 Å². The Kier molecular flexibility index (Phi) is 6.70. The average Bonchev–Trinajstić information content (AvgIpc) is 2.51. The maximum absolute atomic E-state index is 13.0. The van der Waals surface area contributed by atoms with E-state index in [0.29, 0.717) is 26.5 Å². The van der Waals surface area contributed by atoms with Gasteiger partial charge in [-0.1, -0.05) is 56.3 Å². The van der Waals surface area contributed by atoms with Gasteiger partial charge in [0.2, 0.25) is 5.91 Å². The highest BCUT2D eigenvalue weighted by molar-refractivity contribution is 7.80. The van der Waals surface area contributed by atoms with E-state index in [4.69, 9.17) is 23.2 Å². The van der Waals surface area contributed by atoms with Crippen molar-refractivity contribution in [2.45, 2.75) is 63.7 Å². The first-order valence-corrected chi connectivity index (χ1v) is 9.54. The van der Waals surface area contributed by atoms with Crippen molar-refractivity contribution >= 4 is 47.4 Å². The summed E-state index contributed by atoms with van der Waals surface area (Å²) in [6.07, 6.45) is 7.42. The van der Waals surface area contributed by atoms with Crippen molar-refractivity contribution in [2.75, 3.05) is 5.32 Å². The number of hydrogen-bond acceptors (Lipinski definition) is 2. The molecule has 0 aliphatic heterocycles. The van der Waals surface area contributed by atoms with Gasteiger partial charge in [-0.3, -0.25) is 4.79 Å². The van der Waals surface area contributed by atoms with Crippen LogP contribution < -0.4 is 5.32 Å². The molecule has 1 aliphatic rings. The van der Waals surface area contributed by atoms with Gasteiger partial charge in [-0.05, 0) is 43.7 Å². The first kappa shape index (κ1) is 19.0. The standard InChI is InChI=1S/C18H25Cl2NOS/c1-12(2)6-9-18(7-4-3-5-8-18)17(22)21-15-10-13(19)14(20)11-16(15)23/h10-12,23H,3-9H2,1-2H3,(H,21,22). The number of nitrogens with one attached hydrogen (secondary N) is 1. The summed E-state index contributed by atoms with van der Waals surface area (Å²) in [6.45, 7) is 4.42. The summed E-state index contributed by atoms with van der Waals surface area (Å²) in [4.78, 5) is 13.7. The van der Waals surface area contributed by atoms with Crippen molar-refractivity contribution in [3.8, 4) is 0 Å². The average molecular weight is 374 g/mol. The second-order valence-electron chi connectivity index (χ2n) is 7.01. The molecule has 5 heteroatoms. The second kappa shape index (κ2) is 8.13. The Balaban J connectivity index is 2.19. The third-order valence-electron chi connectivity index (χ3n) is 4.78. The van der Waals surface area contributed by atoms with Gasteiger partial charge in [0.05, 0.1) is 15.7 Å². The SMILES string of the molecule is CC(C)CCC1(C(=O)Nc2cc(Cl)c(Cl)cc2S)CCCCC1. The van der Waals surface area contributed by atoms with E-state index in [1.807, 2.05) is 0 Å². The molecule has 2 nitrogen and oxygen atoms in total. The van der Waals surface area contributed by atoms with Gasteiger partial charge in [0, 0.05) is 10.3 Å². The molecule has 0 spiro atoms. The van der Waals surface area contributed by atoms with E-state index in [1.165, 1.54) is 6.42 Å². The molecule has 0 bridgehead atoms. The molecule has 1 amide bonds. The van der Waals surface area contributed by atoms with Crippen LogP contribution >= 0.6 is 35.8 Å². The predicted molar refractivity (Wildman–Crippen MR) is 102 cm³/mol. The fraction of sp³-hybridized carbons (Fsp3) is 0.611. The predicted octanol–water partition coefficient (Wildman–Crippen LogP) is 6.61. The molecule has 0 saturated heterocycles. The molecule has 0 heterocycles. The van der Waals surface area contributed by atoms with E-state index in [1.54, 1.807) is 12.1 Å². The zero-order valence-electron chi connectivity index (χ0n) is 13.8. The lowest BCUT2D eigenvalue weighted by atomic mass is 9.69. The number of thiol groups is 1. The minimum Gasteiger partial charge on any atom is -0.325 e. The summed E-state index contributed by atoms with van der Waals surface area (Å²) < 4.78 is 0. The van der Waals surface area contributed by atoms with Crippen LogP contribution in [0.15, 0.2) is 17.0 Å². The van der Waals surface area contributed by atoms with Crippen molar-refractivity contribution in [3.63, 3.8) is 0 Å². The first-order valence-electron chi connectivity index (χ1n) is 8.33. The highest BCUT2D eigenvalue weighted by atomic mass is 35.5. The maximum Gasteiger partial charge on any atom is 0.230 e. The number of rotatable bonds is 5. The number of benzene rings is 1. The lowest BCUT2D eigenvalue weighted by Crippen LogP contribution is -2.38. The van der Waals surface area contributed by atoms with Gasteiger partial charge < -0.3 is 5.32 Å². The van der Waals surface area contributed by atoms with E-state index in [9.17, 15) is 4.79 Å². The van der Waals surface area contributed by atoms with Crippen LogP contribution in [0.5, 0.6) is 0 Å². The summed E-state index contributed by atoms with van der Waals surface area (Å²) in [5.41, 5.74) is 0.386. The van der Waals surface area contributed by atoms with Crippen molar-refractivity contribution < 1.29 is 4.79 Å². The van der Waals surface area contributed by atoms with Crippen LogP contribution in [0.25, 0.3) is 0 Å². The lowest BCUT2D eigenvalue weighted by molar-refractivity contribution is -0.128. The largest absolute Gasteiger partial charge is 0.325 e. The van der Waals surface area contributed by atoms with E-state index in [-0.39, 0.29) is 11.3 Å². The monoisotopic (exact) mass is 373 g/mol. The summed E-state index contributed by atoms with van der Waals surface area (Å²) in [5, 5.41) is 3.93. The van der Waals surface area contributed by atoms with Crippen molar-refractivity contribution in [1.82, 2.24) is 0 Å². The van der Waals surface area contributed by atoms with Crippen LogP contribution in [0.3, 0.4) is 0 Å². The molecule has 0 atom stereocenters. The molecule has 0 radical (unpaired) electrons. The molecule has 1 saturated carbocycles. The van der Waals surface area contributed by atoms with Crippen molar-refractivity contribution in [2.24, 2.45) is 11.3 Å². The number of hydrogen-bond donors (Lipinski definition) is 2. The molecule has 0 aromatic heterocycles. The van der Waals surface area contributed by atoms with Crippen LogP contribution in [0.2, 0.25) is 10.0 Å². The highest BCUT2D eigenvalue weighted by Crippen LogP contribution is 2.42. The van der Waals surface area contributed by atoms with Gasteiger partial charge >= 0.3 is 0 Å². The molecule has 0 unspecified atom stereocenters. The molecule has 1 N–H and O–H groups in total. The molecular weight excluding hydrogens is 349 g/mol. The Morgan fingerprint density at radius 2 is 1.83 bits per heavy atom. The molecule has 128 valence electrons. The maximum atomic E-state index is 13.0. The smallest absolute Gasteiger partial charge is 0.230 e. The Morgan fingerprint density at radius 3 is 2.43 bits per heavy atom. The van der Waals surface area contributed by atoms with Crippen LogP contribution in [-0.4, -0.2) is 5.91 Å². The number of halogens is 2. The van der Waals surface area contributed by atoms with E-state index in [0.717, 1.165) is 38.5 Å². The van der Waals surface area contributed by atoms with Crippen LogP contribution in [0.4, 0.5) is 5.69 Å². The Morgan fingerprint density at radius 1 is 1.22 bits per heavy atom. The fourth-order valence-corrected chi connectivity index (χ4v) is 3.93. The summed E-state index contributed by atoms with van der Waals surface area (Å²) >= 11 is 16.5. The second-order valence-corrected chi connectivity index (χ2v) is 8.31. The third kappa shape index (κ3) is 4.80. The molecule has 1 aliphatic carbocycles. The first-order chi connectivity index (χ1) is 10.8. The van der Waals surface area contributed by atoms with E-state index < -0.39 is 0 Å². The molecule has 1 aromatic rings. The van der Waals surface area contributed by atoms with Crippen LogP contribution in [0, 0.1) is 11.3 Å². The van der Waals surface area contributed by atoms with Gasteiger partial charge in [-0.25, -0.2) is 0 Å². The van der Waals surface area contributed by atoms with Gasteiger partial charge in [0.15, 0.2) is 0 Å². The van der Waals surface area contributed by atoms with Crippen LogP contribution in [0.1, 0.15) is 58.8 Å². The van der Waals surface area contributed by atoms with Gasteiger partial charge in [-0.15, -0.1) is 12.6 Å². The summed E-state index contributed by atoms with van der Waals surface area (Å²) in [5.74, 6) is 0.707. The molecule has 23 heavy (non-hydrogen) atoms. The highest BCUT2D eigenvalue weighted by Gasteiger charge is 2.39. The van der Waals surface area contributed by atoms with E-state index >= 15 is 0 Å². The normalized spacial score (nSPS) is 17.3. The minimum atomic E-state index is -0.255. The number of anilines is 1. The third-order valence-corrected chi connectivity index (χ3v) is 5.87. The van der Waals surface area contributed by atoms with Gasteiger partial charge in [0.1, 0.15) is 0 Å². The Labute approximate surface area is 154 Å². The van der Waals surface area contributed by atoms with Crippen LogP contribution in [-0.2, 0) is 4.79 Å². The quantitative estimate of drug-likeness (QED) is 0.558. The summed E-state index contributed by atoms with van der Waals surface area (Å²) in [6, 6.07) is 3.35. The fourth-order valence-electron chi connectivity index (χ4n) is 3.28. The Hall–Kier alpha value is -0.380. The molecule has 1 aromatic carbocycles. The topological polar surface area (TPSA) is 29.1 Å².